The molecule has 0 bridgehead atoms. The summed E-state index contributed by atoms with van der Waals surface area (Å²) in [4.78, 5) is 20.2. The summed E-state index contributed by atoms with van der Waals surface area (Å²) in [5.41, 5.74) is 1.38. The fourth-order valence-corrected chi connectivity index (χ4v) is 2.87. The Morgan fingerprint density at radius 2 is 2.00 bits per heavy atom. The molecule has 6 nitrogen and oxygen atoms in total. The Labute approximate surface area is 127 Å². The van der Waals surface area contributed by atoms with Gasteiger partial charge in [0.15, 0.2) is 5.03 Å². The second kappa shape index (κ2) is 6.53. The molecule has 0 spiro atoms. The number of benzene rings is 1. The van der Waals surface area contributed by atoms with Crippen molar-refractivity contribution >= 4 is 23.4 Å². The van der Waals surface area contributed by atoms with E-state index in [9.17, 15) is 10.1 Å². The maximum atomic E-state index is 11.3. The van der Waals surface area contributed by atoms with Gasteiger partial charge in [-0.3, -0.25) is 10.1 Å². The minimum absolute atomic E-state index is 0.0371. The van der Waals surface area contributed by atoms with Gasteiger partial charge in [-0.1, -0.05) is 30.0 Å². The Balaban J connectivity index is 2.49. The molecule has 0 atom stereocenters. The van der Waals surface area contributed by atoms with Gasteiger partial charge in [0.25, 0.3) is 0 Å². The van der Waals surface area contributed by atoms with Gasteiger partial charge in [-0.15, -0.1) is 0 Å². The van der Waals surface area contributed by atoms with Crippen molar-refractivity contribution in [3.8, 4) is 0 Å². The highest BCUT2D eigenvalue weighted by molar-refractivity contribution is 7.99. The number of hydrogen-bond acceptors (Lipinski definition) is 6. The van der Waals surface area contributed by atoms with E-state index >= 15 is 0 Å². The maximum Gasteiger partial charge on any atom is 0.322 e. The van der Waals surface area contributed by atoms with Crippen LogP contribution in [0.4, 0.5) is 11.6 Å². The van der Waals surface area contributed by atoms with Crippen LogP contribution in [0.1, 0.15) is 18.2 Å². The molecule has 1 N–H and O–H groups in total. The molecule has 0 aliphatic carbocycles. The molecule has 2 aromatic rings. The van der Waals surface area contributed by atoms with E-state index in [-0.39, 0.29) is 5.69 Å². The van der Waals surface area contributed by atoms with Crippen molar-refractivity contribution in [2.75, 3.05) is 11.9 Å². The Morgan fingerprint density at radius 3 is 2.62 bits per heavy atom. The standard InChI is InChI=1S/C14H16N4O2S/c1-4-15-14-16-10(3)12(18(19)20)13(17-14)21-11-8-6-5-7-9(11)2/h5-8H,4H2,1-3H3,(H,15,16,17). The summed E-state index contributed by atoms with van der Waals surface area (Å²) in [6.07, 6.45) is 0. The summed E-state index contributed by atoms with van der Waals surface area (Å²) in [6.45, 7) is 6.18. The lowest BCUT2D eigenvalue weighted by molar-refractivity contribution is -0.389. The van der Waals surface area contributed by atoms with Crippen LogP contribution >= 0.6 is 11.8 Å². The first-order chi connectivity index (χ1) is 10.0. The van der Waals surface area contributed by atoms with Gasteiger partial charge in [-0.25, -0.2) is 4.98 Å². The van der Waals surface area contributed by atoms with Gasteiger partial charge in [0.2, 0.25) is 5.95 Å². The van der Waals surface area contributed by atoms with Gasteiger partial charge >= 0.3 is 5.69 Å². The first kappa shape index (κ1) is 15.2. The van der Waals surface area contributed by atoms with Gasteiger partial charge in [0, 0.05) is 11.4 Å². The third-order valence-corrected chi connectivity index (χ3v) is 4.00. The van der Waals surface area contributed by atoms with Crippen molar-refractivity contribution in [3.05, 3.63) is 45.6 Å². The van der Waals surface area contributed by atoms with Crippen LogP contribution in [0, 0.1) is 24.0 Å². The van der Waals surface area contributed by atoms with Crippen LogP contribution in [0.5, 0.6) is 0 Å². The number of hydrogen-bond donors (Lipinski definition) is 1. The third kappa shape index (κ3) is 3.49. The molecule has 1 aromatic carbocycles. The zero-order valence-electron chi connectivity index (χ0n) is 12.1. The molecule has 0 aliphatic heterocycles. The van der Waals surface area contributed by atoms with Crippen molar-refractivity contribution in [2.24, 2.45) is 0 Å². The van der Waals surface area contributed by atoms with E-state index in [1.54, 1.807) is 6.92 Å². The fraction of sp³-hybridized carbons (Fsp3) is 0.286. The third-order valence-electron chi connectivity index (χ3n) is 2.84. The second-order valence-corrected chi connectivity index (χ2v) is 5.47. The summed E-state index contributed by atoms with van der Waals surface area (Å²) in [6, 6.07) is 7.73. The van der Waals surface area contributed by atoms with Crippen LogP contribution in [0.15, 0.2) is 34.2 Å². The SMILES string of the molecule is CCNc1nc(C)c([N+](=O)[O-])c(Sc2ccccc2C)n1. The monoisotopic (exact) mass is 304 g/mol. The quantitative estimate of drug-likeness (QED) is 0.516. The number of nitrogens with zero attached hydrogens (tertiary/aromatic N) is 3. The second-order valence-electron chi connectivity index (χ2n) is 4.44. The van der Waals surface area contributed by atoms with Gasteiger partial charge < -0.3 is 5.32 Å². The van der Waals surface area contributed by atoms with Crippen molar-refractivity contribution in [1.29, 1.82) is 0 Å². The van der Waals surface area contributed by atoms with Crippen LogP contribution in [0.3, 0.4) is 0 Å². The lowest BCUT2D eigenvalue weighted by atomic mass is 10.2. The molecule has 0 saturated heterocycles. The van der Waals surface area contributed by atoms with Gasteiger partial charge in [-0.2, -0.15) is 4.98 Å². The van der Waals surface area contributed by atoms with Crippen LogP contribution < -0.4 is 5.32 Å². The highest BCUT2D eigenvalue weighted by Crippen LogP contribution is 2.36. The van der Waals surface area contributed by atoms with Crippen molar-refractivity contribution in [1.82, 2.24) is 9.97 Å². The molecule has 0 saturated carbocycles. The van der Waals surface area contributed by atoms with Gasteiger partial charge in [0.1, 0.15) is 5.69 Å². The zero-order chi connectivity index (χ0) is 15.4. The van der Waals surface area contributed by atoms with E-state index in [4.69, 9.17) is 0 Å². The average Bonchev–Trinajstić information content (AvgIpc) is 2.41. The van der Waals surface area contributed by atoms with Gasteiger partial charge in [0.05, 0.1) is 4.92 Å². The summed E-state index contributed by atoms with van der Waals surface area (Å²) in [7, 11) is 0. The summed E-state index contributed by atoms with van der Waals surface area (Å²) in [5, 5.41) is 14.6. The molecule has 0 amide bonds. The Hall–Kier alpha value is -2.15. The summed E-state index contributed by atoms with van der Waals surface area (Å²) in [5.74, 6) is 0.414. The molecule has 110 valence electrons. The summed E-state index contributed by atoms with van der Waals surface area (Å²) < 4.78 is 0. The van der Waals surface area contributed by atoms with Crippen LogP contribution in [0.2, 0.25) is 0 Å². The number of nitro groups is 1. The molecule has 1 aromatic heterocycles. The number of aromatic nitrogens is 2. The minimum atomic E-state index is -0.425. The first-order valence-electron chi connectivity index (χ1n) is 6.53. The van der Waals surface area contributed by atoms with Crippen molar-refractivity contribution < 1.29 is 4.92 Å². The van der Waals surface area contributed by atoms with E-state index in [1.165, 1.54) is 11.8 Å². The van der Waals surface area contributed by atoms with Crippen molar-refractivity contribution in [2.45, 2.75) is 30.7 Å². The molecule has 0 fully saturated rings. The molecule has 0 aliphatic rings. The van der Waals surface area contributed by atoms with E-state index in [0.717, 1.165) is 10.5 Å². The Bertz CT molecular complexity index is 676. The molecule has 21 heavy (non-hydrogen) atoms. The maximum absolute atomic E-state index is 11.3. The highest BCUT2D eigenvalue weighted by Gasteiger charge is 2.23. The smallest absolute Gasteiger partial charge is 0.322 e. The van der Waals surface area contributed by atoms with E-state index in [2.05, 4.69) is 15.3 Å². The first-order valence-corrected chi connectivity index (χ1v) is 7.35. The highest BCUT2D eigenvalue weighted by atomic mass is 32.2. The molecule has 7 heteroatoms. The number of anilines is 1. The molecule has 1 heterocycles. The Kier molecular flexibility index (Phi) is 4.74. The average molecular weight is 304 g/mol. The molecular formula is C14H16N4O2S. The predicted octanol–water partition coefficient (Wildman–Crippen LogP) is 3.58. The number of aryl methyl sites for hydroxylation is 2. The topological polar surface area (TPSA) is 81.0 Å². The van der Waals surface area contributed by atoms with Crippen LogP contribution in [-0.2, 0) is 0 Å². The lowest BCUT2D eigenvalue weighted by Crippen LogP contribution is -2.07. The van der Waals surface area contributed by atoms with Crippen LogP contribution in [-0.4, -0.2) is 21.4 Å². The normalized spacial score (nSPS) is 10.4. The number of rotatable bonds is 5. The van der Waals surface area contributed by atoms with E-state index in [1.807, 2.05) is 38.1 Å². The zero-order valence-corrected chi connectivity index (χ0v) is 12.9. The molecule has 0 unspecified atom stereocenters. The minimum Gasteiger partial charge on any atom is -0.354 e. The molecular weight excluding hydrogens is 288 g/mol. The van der Waals surface area contributed by atoms with Crippen LogP contribution in [0.25, 0.3) is 0 Å². The van der Waals surface area contributed by atoms with Gasteiger partial charge in [-0.05, 0) is 32.4 Å². The Morgan fingerprint density at radius 1 is 1.29 bits per heavy atom. The summed E-state index contributed by atoms with van der Waals surface area (Å²) >= 11 is 1.29. The van der Waals surface area contributed by atoms with E-state index in [0.29, 0.717) is 23.2 Å². The molecule has 0 radical (unpaired) electrons. The largest absolute Gasteiger partial charge is 0.354 e. The molecule has 2 rings (SSSR count). The van der Waals surface area contributed by atoms with E-state index < -0.39 is 4.92 Å². The van der Waals surface area contributed by atoms with Crippen molar-refractivity contribution in [3.63, 3.8) is 0 Å². The lowest BCUT2D eigenvalue weighted by Gasteiger charge is -2.09. The fourth-order valence-electron chi connectivity index (χ4n) is 1.83. The predicted molar refractivity (Wildman–Crippen MR) is 82.9 cm³/mol. The number of nitrogens with one attached hydrogen (secondary N) is 1.